The average molecular weight is 326 g/mol. The summed E-state index contributed by atoms with van der Waals surface area (Å²) in [4.78, 5) is 18.0. The van der Waals surface area contributed by atoms with Gasteiger partial charge in [0.05, 0.1) is 20.3 Å². The van der Waals surface area contributed by atoms with Gasteiger partial charge in [-0.2, -0.15) is 9.97 Å². The number of methoxy groups -OCH3 is 1. The van der Waals surface area contributed by atoms with E-state index in [2.05, 4.69) is 26.0 Å². The summed E-state index contributed by atoms with van der Waals surface area (Å²) >= 11 is 0. The van der Waals surface area contributed by atoms with Crippen LogP contribution in [0.25, 0.3) is 10.9 Å². The molecule has 1 aromatic carbocycles. The Morgan fingerprint density at radius 2 is 2.00 bits per heavy atom. The molecule has 123 valence electrons. The molecule has 0 atom stereocenters. The molecule has 0 unspecified atom stereocenters. The number of benzene rings is 1. The van der Waals surface area contributed by atoms with Crippen LogP contribution in [0.1, 0.15) is 0 Å². The number of rotatable bonds is 4. The van der Waals surface area contributed by atoms with E-state index >= 15 is 0 Å². The molecule has 8 heteroatoms. The van der Waals surface area contributed by atoms with Gasteiger partial charge in [0.15, 0.2) is 0 Å². The van der Waals surface area contributed by atoms with E-state index in [0.717, 1.165) is 24.0 Å². The monoisotopic (exact) mass is 326 g/mol. The zero-order valence-corrected chi connectivity index (χ0v) is 13.2. The number of hydrogen-bond donors (Lipinski definition) is 1. The molecule has 0 aliphatic carbocycles. The van der Waals surface area contributed by atoms with Crippen LogP contribution in [0.4, 0.5) is 5.95 Å². The fraction of sp³-hybridized carbons (Fsp3) is 0.312. The Morgan fingerprint density at radius 1 is 1.17 bits per heavy atom. The van der Waals surface area contributed by atoms with Crippen LogP contribution >= 0.6 is 0 Å². The van der Waals surface area contributed by atoms with Crippen molar-refractivity contribution >= 4 is 16.9 Å². The van der Waals surface area contributed by atoms with Crippen molar-refractivity contribution in [1.82, 2.24) is 19.9 Å². The Hall–Kier alpha value is -2.87. The molecule has 2 aromatic heterocycles. The third-order valence-corrected chi connectivity index (χ3v) is 3.71. The fourth-order valence-electron chi connectivity index (χ4n) is 2.50. The van der Waals surface area contributed by atoms with E-state index in [9.17, 15) is 0 Å². The van der Waals surface area contributed by atoms with Crippen LogP contribution in [-0.4, -0.2) is 53.3 Å². The predicted molar refractivity (Wildman–Crippen MR) is 86.6 cm³/mol. The number of aromatic amines is 1. The predicted octanol–water partition coefficient (Wildman–Crippen LogP) is 1.79. The Kier molecular flexibility index (Phi) is 3.87. The Labute approximate surface area is 138 Å². The fourth-order valence-corrected chi connectivity index (χ4v) is 2.50. The summed E-state index contributed by atoms with van der Waals surface area (Å²) in [7, 11) is 1.52. The van der Waals surface area contributed by atoms with Crippen LogP contribution in [0.15, 0.2) is 24.4 Å². The molecule has 1 radical (unpaired) electrons. The molecular formula is C16H16N5O3. The zero-order chi connectivity index (χ0) is 16.4. The molecule has 4 rings (SSSR count). The number of anilines is 1. The summed E-state index contributed by atoms with van der Waals surface area (Å²) < 4.78 is 16.3. The highest BCUT2D eigenvalue weighted by Gasteiger charge is 2.17. The van der Waals surface area contributed by atoms with Gasteiger partial charge in [0.2, 0.25) is 5.95 Å². The number of fused-ring (bicyclic) bond motifs is 1. The lowest BCUT2D eigenvalue weighted by Crippen LogP contribution is -2.37. The highest BCUT2D eigenvalue weighted by molar-refractivity contribution is 5.80. The van der Waals surface area contributed by atoms with Crippen molar-refractivity contribution in [2.24, 2.45) is 0 Å². The number of morpholine rings is 1. The summed E-state index contributed by atoms with van der Waals surface area (Å²) in [5.74, 6) is 1.15. The molecule has 24 heavy (non-hydrogen) atoms. The molecule has 3 heterocycles. The van der Waals surface area contributed by atoms with Gasteiger partial charge in [-0.15, -0.1) is 4.98 Å². The van der Waals surface area contributed by atoms with Gasteiger partial charge in [0, 0.05) is 36.3 Å². The van der Waals surface area contributed by atoms with E-state index in [4.69, 9.17) is 14.2 Å². The standard InChI is InChI=1S/C16H16N5O3/c1-22-15-18-14(21-6-8-23-9-7-21)19-16(20-15)24-12-2-3-13-11(10-12)4-5-17-13/h2-3,5,10,17H,6-9H2,1H3. The van der Waals surface area contributed by atoms with Crippen LogP contribution in [0.5, 0.6) is 17.8 Å². The normalized spacial score (nSPS) is 14.8. The molecule has 1 N–H and O–H groups in total. The van der Waals surface area contributed by atoms with Gasteiger partial charge in [-0.25, -0.2) is 0 Å². The minimum Gasteiger partial charge on any atom is -0.467 e. The van der Waals surface area contributed by atoms with Crippen molar-refractivity contribution < 1.29 is 14.2 Å². The third kappa shape index (κ3) is 2.95. The van der Waals surface area contributed by atoms with Gasteiger partial charge in [0.25, 0.3) is 0 Å². The first-order chi connectivity index (χ1) is 11.8. The van der Waals surface area contributed by atoms with E-state index in [1.54, 1.807) is 6.20 Å². The van der Waals surface area contributed by atoms with Gasteiger partial charge in [-0.1, -0.05) is 0 Å². The second-order valence-corrected chi connectivity index (χ2v) is 5.25. The van der Waals surface area contributed by atoms with Gasteiger partial charge >= 0.3 is 12.0 Å². The lowest BCUT2D eigenvalue weighted by molar-refractivity contribution is 0.122. The topological polar surface area (TPSA) is 85.4 Å². The van der Waals surface area contributed by atoms with Crippen molar-refractivity contribution in [3.05, 3.63) is 30.5 Å². The maximum Gasteiger partial charge on any atom is 0.330 e. The smallest absolute Gasteiger partial charge is 0.330 e. The van der Waals surface area contributed by atoms with Crippen LogP contribution < -0.4 is 14.4 Å². The molecule has 0 amide bonds. The highest BCUT2D eigenvalue weighted by Crippen LogP contribution is 2.25. The van der Waals surface area contributed by atoms with Crippen molar-refractivity contribution in [1.29, 1.82) is 0 Å². The summed E-state index contributed by atoms with van der Waals surface area (Å²) in [5, 5.41) is 0.932. The van der Waals surface area contributed by atoms with Gasteiger partial charge in [-0.05, 0) is 18.2 Å². The second kappa shape index (κ2) is 6.32. The van der Waals surface area contributed by atoms with E-state index in [1.807, 2.05) is 23.1 Å². The molecule has 8 nitrogen and oxygen atoms in total. The van der Waals surface area contributed by atoms with Gasteiger partial charge < -0.3 is 24.1 Å². The zero-order valence-electron chi connectivity index (χ0n) is 13.2. The lowest BCUT2D eigenvalue weighted by Gasteiger charge is -2.26. The summed E-state index contributed by atoms with van der Waals surface area (Å²) in [6.07, 6.45) is 1.76. The number of aromatic nitrogens is 4. The summed E-state index contributed by atoms with van der Waals surface area (Å²) in [5.41, 5.74) is 0.990. The molecule has 0 bridgehead atoms. The van der Waals surface area contributed by atoms with Crippen LogP contribution in [0.3, 0.4) is 0 Å². The Morgan fingerprint density at radius 3 is 2.83 bits per heavy atom. The summed E-state index contributed by atoms with van der Waals surface area (Å²) in [6.45, 7) is 2.72. The van der Waals surface area contributed by atoms with Crippen LogP contribution in [0.2, 0.25) is 0 Å². The van der Waals surface area contributed by atoms with Crippen molar-refractivity contribution in [2.45, 2.75) is 0 Å². The molecule has 1 saturated heterocycles. The minimum atomic E-state index is 0.193. The van der Waals surface area contributed by atoms with E-state index in [0.29, 0.717) is 24.9 Å². The summed E-state index contributed by atoms with van der Waals surface area (Å²) in [6, 6.07) is 9.14. The van der Waals surface area contributed by atoms with E-state index < -0.39 is 0 Å². The van der Waals surface area contributed by atoms with Gasteiger partial charge in [-0.3, -0.25) is 0 Å². The first-order valence-corrected chi connectivity index (χ1v) is 7.61. The highest BCUT2D eigenvalue weighted by atomic mass is 16.5. The van der Waals surface area contributed by atoms with Crippen molar-refractivity contribution in [2.75, 3.05) is 38.3 Å². The number of hydrogen-bond acceptors (Lipinski definition) is 7. The second-order valence-electron chi connectivity index (χ2n) is 5.25. The maximum absolute atomic E-state index is 5.80. The van der Waals surface area contributed by atoms with E-state index in [1.165, 1.54) is 7.11 Å². The van der Waals surface area contributed by atoms with Crippen molar-refractivity contribution in [3.63, 3.8) is 0 Å². The quantitative estimate of drug-likeness (QED) is 0.782. The SMILES string of the molecule is COc1nc(Oc2ccc3[nH]c[c]c3c2)nc(N2CCOCC2)n1. The molecule has 1 aliphatic heterocycles. The number of nitrogens with zero attached hydrogens (tertiary/aromatic N) is 4. The molecule has 0 saturated carbocycles. The van der Waals surface area contributed by atoms with E-state index in [-0.39, 0.29) is 12.0 Å². The molecule has 1 aliphatic rings. The first kappa shape index (κ1) is 14.7. The number of ether oxygens (including phenoxy) is 3. The van der Waals surface area contributed by atoms with Gasteiger partial charge in [0.1, 0.15) is 5.75 Å². The number of H-pyrrole nitrogens is 1. The average Bonchev–Trinajstić information content (AvgIpc) is 3.10. The maximum atomic E-state index is 5.80. The Bertz CT molecular complexity index is 845. The third-order valence-electron chi connectivity index (χ3n) is 3.71. The Balaban J connectivity index is 1.63. The first-order valence-electron chi connectivity index (χ1n) is 7.61. The molecule has 1 fully saturated rings. The lowest BCUT2D eigenvalue weighted by atomic mass is 10.2. The largest absolute Gasteiger partial charge is 0.467 e. The molecule has 3 aromatic rings. The van der Waals surface area contributed by atoms with Crippen LogP contribution in [-0.2, 0) is 4.74 Å². The minimum absolute atomic E-state index is 0.193. The molecule has 0 spiro atoms. The molecular weight excluding hydrogens is 310 g/mol. The van der Waals surface area contributed by atoms with Crippen LogP contribution in [0, 0.1) is 6.07 Å². The van der Waals surface area contributed by atoms with Crippen molar-refractivity contribution in [3.8, 4) is 17.8 Å². The number of nitrogens with one attached hydrogen (secondary N) is 1.